The van der Waals surface area contributed by atoms with Gasteiger partial charge in [0, 0.05) is 29.8 Å². The SMILES string of the molecule is O=C1c2[nH]nc(-c3ccccc3O)c2C(c2cccc([N+](=O)[O-])c2)N1Cc1ccccc1. The van der Waals surface area contributed by atoms with Crippen molar-refractivity contribution >= 4 is 11.6 Å². The molecule has 0 aliphatic carbocycles. The number of para-hydroxylation sites is 1. The predicted octanol–water partition coefficient (Wildman–Crippen LogP) is 4.44. The van der Waals surface area contributed by atoms with E-state index in [4.69, 9.17) is 0 Å². The quantitative estimate of drug-likeness (QED) is 0.362. The molecule has 32 heavy (non-hydrogen) atoms. The molecule has 1 unspecified atom stereocenters. The number of phenolic OH excluding ortho intramolecular Hbond substituents is 1. The number of non-ortho nitro benzene ring substituents is 1. The van der Waals surface area contributed by atoms with Crippen LogP contribution in [0.5, 0.6) is 5.75 Å². The van der Waals surface area contributed by atoms with Crippen LogP contribution >= 0.6 is 0 Å². The lowest BCUT2D eigenvalue weighted by Crippen LogP contribution is -2.29. The Labute approximate surface area is 182 Å². The van der Waals surface area contributed by atoms with Gasteiger partial charge in [-0.1, -0.05) is 54.6 Å². The molecule has 8 heteroatoms. The predicted molar refractivity (Wildman–Crippen MR) is 117 cm³/mol. The number of phenols is 1. The first-order valence-electron chi connectivity index (χ1n) is 10.0. The van der Waals surface area contributed by atoms with Gasteiger partial charge in [-0.05, 0) is 23.3 Å². The number of aromatic nitrogens is 2. The molecule has 4 aromatic rings. The zero-order valence-corrected chi connectivity index (χ0v) is 16.8. The Kier molecular flexibility index (Phi) is 4.67. The highest BCUT2D eigenvalue weighted by molar-refractivity contribution is 6.00. The zero-order chi connectivity index (χ0) is 22.2. The fourth-order valence-corrected chi connectivity index (χ4v) is 4.17. The first kappa shape index (κ1) is 19.5. The van der Waals surface area contributed by atoms with Gasteiger partial charge in [-0.3, -0.25) is 20.0 Å². The average Bonchev–Trinajstić information content (AvgIpc) is 3.34. The number of nitro groups is 1. The van der Waals surface area contributed by atoms with Crippen LogP contribution in [0.2, 0.25) is 0 Å². The molecule has 1 aliphatic heterocycles. The van der Waals surface area contributed by atoms with Crippen molar-refractivity contribution in [3.63, 3.8) is 0 Å². The molecular weight excluding hydrogens is 408 g/mol. The maximum absolute atomic E-state index is 13.4. The summed E-state index contributed by atoms with van der Waals surface area (Å²) >= 11 is 0. The number of hydrogen-bond acceptors (Lipinski definition) is 5. The summed E-state index contributed by atoms with van der Waals surface area (Å²) < 4.78 is 0. The van der Waals surface area contributed by atoms with Crippen LogP contribution in [0.4, 0.5) is 5.69 Å². The molecule has 0 saturated heterocycles. The van der Waals surface area contributed by atoms with E-state index in [1.165, 1.54) is 12.1 Å². The summed E-state index contributed by atoms with van der Waals surface area (Å²) in [5.74, 6) is -0.219. The number of amides is 1. The van der Waals surface area contributed by atoms with Gasteiger partial charge >= 0.3 is 0 Å². The number of fused-ring (bicyclic) bond motifs is 1. The Balaban J connectivity index is 1.69. The van der Waals surface area contributed by atoms with Crippen LogP contribution in [0.25, 0.3) is 11.3 Å². The standard InChI is InChI=1S/C24H18N4O4/c29-19-12-5-4-11-18(19)21-20-22(26-25-21)24(30)27(14-15-7-2-1-3-8-15)23(20)16-9-6-10-17(13-16)28(31)32/h1-13,23,29H,14H2,(H,25,26). The molecule has 0 bridgehead atoms. The first-order valence-corrected chi connectivity index (χ1v) is 10.0. The maximum atomic E-state index is 13.4. The molecule has 158 valence electrons. The van der Waals surface area contributed by atoms with E-state index in [2.05, 4.69) is 10.2 Å². The number of nitrogens with one attached hydrogen (secondary N) is 1. The normalized spacial score (nSPS) is 15.1. The number of rotatable bonds is 5. The average molecular weight is 426 g/mol. The van der Waals surface area contributed by atoms with E-state index in [1.807, 2.05) is 30.3 Å². The molecule has 8 nitrogen and oxygen atoms in total. The van der Waals surface area contributed by atoms with E-state index in [0.717, 1.165) is 5.56 Å². The zero-order valence-electron chi connectivity index (χ0n) is 16.8. The molecule has 5 rings (SSSR count). The topological polar surface area (TPSA) is 112 Å². The van der Waals surface area contributed by atoms with Crippen LogP contribution in [-0.2, 0) is 6.54 Å². The van der Waals surface area contributed by atoms with Crippen molar-refractivity contribution < 1.29 is 14.8 Å². The van der Waals surface area contributed by atoms with Crippen molar-refractivity contribution in [3.8, 4) is 17.0 Å². The van der Waals surface area contributed by atoms with Gasteiger partial charge in [0.2, 0.25) is 0 Å². The van der Waals surface area contributed by atoms with Gasteiger partial charge in [-0.2, -0.15) is 5.10 Å². The molecule has 0 fully saturated rings. The van der Waals surface area contributed by atoms with Crippen LogP contribution in [0.3, 0.4) is 0 Å². The largest absolute Gasteiger partial charge is 0.507 e. The number of aromatic amines is 1. The molecule has 0 spiro atoms. The van der Waals surface area contributed by atoms with Crippen LogP contribution in [-0.4, -0.2) is 31.0 Å². The Morgan fingerprint density at radius 1 is 1.03 bits per heavy atom. The van der Waals surface area contributed by atoms with Gasteiger partial charge in [-0.15, -0.1) is 0 Å². The molecule has 1 amide bonds. The van der Waals surface area contributed by atoms with E-state index in [-0.39, 0.29) is 17.3 Å². The van der Waals surface area contributed by atoms with Gasteiger partial charge in [0.1, 0.15) is 17.1 Å². The number of carbonyl (C=O) groups excluding carboxylic acids is 1. The Morgan fingerprint density at radius 2 is 1.78 bits per heavy atom. The smallest absolute Gasteiger partial charge is 0.273 e. The number of aromatic hydroxyl groups is 1. The minimum atomic E-state index is -0.606. The Bertz CT molecular complexity index is 1330. The van der Waals surface area contributed by atoms with Crippen molar-refractivity contribution in [3.05, 3.63) is 111 Å². The van der Waals surface area contributed by atoms with Crippen molar-refractivity contribution in [1.29, 1.82) is 0 Å². The fourth-order valence-electron chi connectivity index (χ4n) is 4.17. The summed E-state index contributed by atoms with van der Waals surface area (Å²) in [5.41, 5.74) is 3.30. The van der Waals surface area contributed by atoms with Crippen molar-refractivity contribution in [1.82, 2.24) is 15.1 Å². The van der Waals surface area contributed by atoms with Crippen LogP contribution < -0.4 is 0 Å². The monoisotopic (exact) mass is 426 g/mol. The highest BCUT2D eigenvalue weighted by atomic mass is 16.6. The maximum Gasteiger partial charge on any atom is 0.273 e. The summed E-state index contributed by atoms with van der Waals surface area (Å²) in [6.07, 6.45) is 0. The van der Waals surface area contributed by atoms with Crippen molar-refractivity contribution in [2.45, 2.75) is 12.6 Å². The summed E-state index contributed by atoms with van der Waals surface area (Å²) in [7, 11) is 0. The fraction of sp³-hybridized carbons (Fsp3) is 0.0833. The summed E-state index contributed by atoms with van der Waals surface area (Å²) in [6, 6.07) is 22.0. The van der Waals surface area contributed by atoms with Crippen molar-refractivity contribution in [2.24, 2.45) is 0 Å². The minimum absolute atomic E-state index is 0.0357. The number of benzene rings is 3. The van der Waals surface area contributed by atoms with Crippen LogP contribution in [0, 0.1) is 10.1 Å². The van der Waals surface area contributed by atoms with E-state index in [1.54, 1.807) is 41.3 Å². The number of nitro benzene ring substituents is 1. The summed E-state index contributed by atoms with van der Waals surface area (Å²) in [6.45, 7) is 0.315. The first-order chi connectivity index (χ1) is 15.5. The lowest BCUT2D eigenvalue weighted by Gasteiger charge is -2.26. The summed E-state index contributed by atoms with van der Waals surface area (Å²) in [4.78, 5) is 26.0. The molecule has 2 heterocycles. The molecule has 1 aromatic heterocycles. The van der Waals surface area contributed by atoms with E-state index >= 15 is 0 Å². The van der Waals surface area contributed by atoms with Gasteiger partial charge in [0.15, 0.2) is 0 Å². The van der Waals surface area contributed by atoms with Gasteiger partial charge in [0.25, 0.3) is 11.6 Å². The third kappa shape index (κ3) is 3.18. The van der Waals surface area contributed by atoms with Crippen LogP contribution in [0.1, 0.15) is 33.2 Å². The highest BCUT2D eigenvalue weighted by Gasteiger charge is 2.42. The highest BCUT2D eigenvalue weighted by Crippen LogP contribution is 2.45. The van der Waals surface area contributed by atoms with E-state index in [9.17, 15) is 20.0 Å². The second kappa shape index (κ2) is 7.66. The number of H-pyrrole nitrogens is 1. The molecule has 1 atom stereocenters. The Hall–Kier alpha value is -4.46. The molecular formula is C24H18N4O4. The van der Waals surface area contributed by atoms with Crippen molar-refractivity contribution in [2.75, 3.05) is 0 Å². The van der Waals surface area contributed by atoms with Gasteiger partial charge < -0.3 is 10.0 Å². The van der Waals surface area contributed by atoms with Gasteiger partial charge in [0.05, 0.1) is 11.0 Å². The number of nitrogens with zero attached hydrogens (tertiary/aromatic N) is 3. The summed E-state index contributed by atoms with van der Waals surface area (Å²) in [5, 5.41) is 29.0. The van der Waals surface area contributed by atoms with E-state index < -0.39 is 11.0 Å². The number of hydrogen-bond donors (Lipinski definition) is 2. The number of carbonyl (C=O) groups is 1. The minimum Gasteiger partial charge on any atom is -0.507 e. The lowest BCUT2D eigenvalue weighted by molar-refractivity contribution is -0.384. The second-order valence-corrected chi connectivity index (χ2v) is 7.55. The molecule has 0 saturated carbocycles. The molecule has 3 aromatic carbocycles. The third-order valence-corrected chi connectivity index (χ3v) is 5.62. The van der Waals surface area contributed by atoms with Gasteiger partial charge in [-0.25, -0.2) is 0 Å². The van der Waals surface area contributed by atoms with E-state index in [0.29, 0.717) is 34.6 Å². The third-order valence-electron chi connectivity index (χ3n) is 5.62. The molecule has 0 radical (unpaired) electrons. The second-order valence-electron chi connectivity index (χ2n) is 7.55. The Morgan fingerprint density at radius 3 is 2.53 bits per heavy atom. The molecule has 2 N–H and O–H groups in total. The molecule has 1 aliphatic rings. The van der Waals surface area contributed by atoms with Crippen LogP contribution in [0.15, 0.2) is 78.9 Å². The lowest BCUT2D eigenvalue weighted by atomic mass is 9.95.